The number of ether oxygens (including phenoxy) is 2. The third-order valence-electron chi connectivity index (χ3n) is 3.97. The minimum Gasteiger partial charge on any atom is -0.496 e. The number of amides is 2. The molecule has 0 aromatic heterocycles. The number of nitro benzene ring substituents is 1. The van der Waals surface area contributed by atoms with Crippen molar-refractivity contribution in [2.45, 2.75) is 4.90 Å². The summed E-state index contributed by atoms with van der Waals surface area (Å²) in [7, 11) is 4.63. The molecule has 10 nitrogen and oxygen atoms in total. The van der Waals surface area contributed by atoms with Gasteiger partial charge in [0.15, 0.2) is 6.61 Å². The number of hydrogen-bond acceptors (Lipinski definition) is 8. The molecule has 2 aromatic rings. The lowest BCUT2D eigenvalue weighted by Crippen LogP contribution is -2.23. The highest BCUT2D eigenvalue weighted by atomic mass is 32.2. The fourth-order valence-corrected chi connectivity index (χ4v) is 3.34. The summed E-state index contributed by atoms with van der Waals surface area (Å²) < 4.78 is 9.99. The van der Waals surface area contributed by atoms with Crippen LogP contribution >= 0.6 is 11.8 Å². The molecule has 0 heterocycles. The Labute approximate surface area is 182 Å². The zero-order chi connectivity index (χ0) is 23.0. The van der Waals surface area contributed by atoms with Crippen molar-refractivity contribution in [2.24, 2.45) is 0 Å². The van der Waals surface area contributed by atoms with Gasteiger partial charge in [0.25, 0.3) is 11.6 Å². The van der Waals surface area contributed by atoms with Crippen molar-refractivity contribution in [3.8, 4) is 5.75 Å². The van der Waals surface area contributed by atoms with Gasteiger partial charge in [0.2, 0.25) is 5.91 Å². The Morgan fingerprint density at radius 1 is 1.16 bits per heavy atom. The Balaban J connectivity index is 2.01. The number of benzene rings is 2. The average Bonchev–Trinajstić information content (AvgIpc) is 2.75. The normalized spacial score (nSPS) is 10.2. The summed E-state index contributed by atoms with van der Waals surface area (Å²) in [4.78, 5) is 48.9. The molecule has 0 spiro atoms. The lowest BCUT2D eigenvalue weighted by molar-refractivity contribution is -0.384. The predicted octanol–water partition coefficient (Wildman–Crippen LogP) is 2.58. The first kappa shape index (κ1) is 23.7. The van der Waals surface area contributed by atoms with Gasteiger partial charge in [-0.3, -0.25) is 19.7 Å². The number of nitrogens with zero attached hydrogens (tertiary/aromatic N) is 2. The van der Waals surface area contributed by atoms with Gasteiger partial charge in [-0.25, -0.2) is 4.79 Å². The number of methoxy groups -OCH3 is 1. The van der Waals surface area contributed by atoms with Crippen LogP contribution in [0, 0.1) is 10.1 Å². The second-order valence-corrected chi connectivity index (χ2v) is 7.35. The zero-order valence-electron chi connectivity index (χ0n) is 17.1. The summed E-state index contributed by atoms with van der Waals surface area (Å²) in [5.41, 5.74) is -0.196. The molecular formula is C20H21N3O7S. The molecule has 2 aromatic carbocycles. The molecule has 31 heavy (non-hydrogen) atoms. The van der Waals surface area contributed by atoms with E-state index in [9.17, 15) is 24.5 Å². The Kier molecular flexibility index (Phi) is 8.38. The minimum absolute atomic E-state index is 0.0509. The van der Waals surface area contributed by atoms with E-state index in [1.54, 1.807) is 32.3 Å². The van der Waals surface area contributed by atoms with Gasteiger partial charge >= 0.3 is 5.97 Å². The van der Waals surface area contributed by atoms with Crippen molar-refractivity contribution in [3.05, 3.63) is 58.1 Å². The van der Waals surface area contributed by atoms with Gasteiger partial charge in [-0.2, -0.15) is 0 Å². The number of nitrogens with one attached hydrogen (secondary N) is 1. The molecule has 0 bridgehead atoms. The first-order chi connectivity index (χ1) is 14.7. The van der Waals surface area contributed by atoms with Gasteiger partial charge in [0.1, 0.15) is 11.4 Å². The van der Waals surface area contributed by atoms with Crippen LogP contribution in [0.25, 0.3) is 0 Å². The fraction of sp³-hybridized carbons (Fsp3) is 0.250. The van der Waals surface area contributed by atoms with Crippen LogP contribution in [0.5, 0.6) is 5.75 Å². The van der Waals surface area contributed by atoms with Crippen LogP contribution in [0.4, 0.5) is 11.4 Å². The highest BCUT2D eigenvalue weighted by Crippen LogP contribution is 2.29. The molecule has 1 N–H and O–H groups in total. The summed E-state index contributed by atoms with van der Waals surface area (Å²) in [5.74, 6) is -1.21. The molecule has 0 aliphatic carbocycles. The average molecular weight is 447 g/mol. The van der Waals surface area contributed by atoms with E-state index in [1.165, 1.54) is 48.0 Å². The molecule has 0 radical (unpaired) electrons. The topological polar surface area (TPSA) is 128 Å². The second kappa shape index (κ2) is 11.0. The Morgan fingerprint density at radius 2 is 1.87 bits per heavy atom. The minimum atomic E-state index is -0.750. The van der Waals surface area contributed by atoms with Gasteiger partial charge in [-0.05, 0) is 24.3 Å². The summed E-state index contributed by atoms with van der Waals surface area (Å²) in [5, 5.41) is 13.5. The van der Waals surface area contributed by atoms with Gasteiger partial charge in [-0.1, -0.05) is 12.1 Å². The molecular weight excluding hydrogens is 426 g/mol. The molecule has 0 saturated heterocycles. The molecule has 2 rings (SSSR count). The number of hydrogen-bond donors (Lipinski definition) is 1. The van der Waals surface area contributed by atoms with E-state index in [4.69, 9.17) is 9.47 Å². The highest BCUT2D eigenvalue weighted by molar-refractivity contribution is 8.00. The van der Waals surface area contributed by atoms with E-state index in [-0.39, 0.29) is 34.3 Å². The largest absolute Gasteiger partial charge is 0.496 e. The van der Waals surface area contributed by atoms with E-state index >= 15 is 0 Å². The number of rotatable bonds is 9. The molecule has 0 aliphatic heterocycles. The molecule has 11 heteroatoms. The molecule has 0 unspecified atom stereocenters. The quantitative estimate of drug-likeness (QED) is 0.269. The van der Waals surface area contributed by atoms with Crippen molar-refractivity contribution in [1.82, 2.24) is 4.90 Å². The lowest BCUT2D eigenvalue weighted by atomic mass is 10.2. The maximum absolute atomic E-state index is 12.4. The van der Waals surface area contributed by atoms with Gasteiger partial charge < -0.3 is 19.7 Å². The number of anilines is 1. The molecule has 0 fully saturated rings. The third-order valence-corrected chi connectivity index (χ3v) is 5.03. The first-order valence-electron chi connectivity index (χ1n) is 8.94. The van der Waals surface area contributed by atoms with Crippen molar-refractivity contribution in [3.63, 3.8) is 0 Å². The summed E-state index contributed by atoms with van der Waals surface area (Å²) in [6, 6.07) is 10.5. The smallest absolute Gasteiger partial charge is 0.339 e. The summed E-state index contributed by atoms with van der Waals surface area (Å²) >= 11 is 1.18. The van der Waals surface area contributed by atoms with Crippen LogP contribution in [-0.4, -0.2) is 61.2 Å². The van der Waals surface area contributed by atoms with Gasteiger partial charge in [-0.15, -0.1) is 11.8 Å². The number of thioether (sulfide) groups is 1. The molecule has 0 atom stereocenters. The Bertz CT molecular complexity index is 994. The summed E-state index contributed by atoms with van der Waals surface area (Å²) in [6.45, 7) is -0.641. The highest BCUT2D eigenvalue weighted by Gasteiger charge is 2.19. The number of carbonyl (C=O) groups is 3. The molecule has 2 amide bonds. The van der Waals surface area contributed by atoms with E-state index in [1.807, 2.05) is 0 Å². The van der Waals surface area contributed by atoms with Crippen molar-refractivity contribution >= 4 is 40.9 Å². The molecule has 0 saturated carbocycles. The van der Waals surface area contributed by atoms with Gasteiger partial charge in [0.05, 0.1) is 29.4 Å². The standard InChI is InChI=1S/C20H21N3O7S/c1-22(2)19(25)12-31-17-7-5-4-6-14(17)20(26)30-11-18(24)21-15-9-8-13(29-3)10-16(15)23(27)28/h4-10H,11-12H2,1-3H3,(H,21,24). The van der Waals surface area contributed by atoms with E-state index in [2.05, 4.69) is 5.32 Å². The van der Waals surface area contributed by atoms with Crippen LogP contribution in [-0.2, 0) is 14.3 Å². The molecule has 164 valence electrons. The zero-order valence-corrected chi connectivity index (χ0v) is 17.9. The monoisotopic (exact) mass is 447 g/mol. The second-order valence-electron chi connectivity index (χ2n) is 6.34. The maximum Gasteiger partial charge on any atom is 0.339 e. The maximum atomic E-state index is 12.4. The van der Waals surface area contributed by atoms with Crippen molar-refractivity contribution < 1.29 is 28.8 Å². The fourth-order valence-electron chi connectivity index (χ4n) is 2.32. The Hall–Kier alpha value is -3.60. The van der Waals surface area contributed by atoms with Crippen LogP contribution in [0.2, 0.25) is 0 Å². The van der Waals surface area contributed by atoms with Gasteiger partial charge in [0, 0.05) is 19.0 Å². The van der Waals surface area contributed by atoms with Crippen LogP contribution < -0.4 is 10.1 Å². The van der Waals surface area contributed by atoms with Crippen LogP contribution in [0.15, 0.2) is 47.4 Å². The van der Waals surface area contributed by atoms with E-state index < -0.39 is 23.4 Å². The number of esters is 1. The first-order valence-corrected chi connectivity index (χ1v) is 9.93. The SMILES string of the molecule is COc1ccc(NC(=O)COC(=O)c2ccccc2SCC(=O)N(C)C)c([N+](=O)[O-])c1. The van der Waals surface area contributed by atoms with E-state index in [0.29, 0.717) is 4.90 Å². The van der Waals surface area contributed by atoms with Crippen LogP contribution in [0.1, 0.15) is 10.4 Å². The van der Waals surface area contributed by atoms with Crippen molar-refractivity contribution in [2.75, 3.05) is 38.9 Å². The molecule has 0 aliphatic rings. The number of nitro groups is 1. The van der Waals surface area contributed by atoms with E-state index in [0.717, 1.165) is 0 Å². The van der Waals surface area contributed by atoms with Crippen LogP contribution in [0.3, 0.4) is 0 Å². The predicted molar refractivity (Wildman–Crippen MR) is 114 cm³/mol. The van der Waals surface area contributed by atoms with Crippen molar-refractivity contribution in [1.29, 1.82) is 0 Å². The third kappa shape index (κ3) is 6.71. The Morgan fingerprint density at radius 3 is 2.52 bits per heavy atom. The lowest BCUT2D eigenvalue weighted by Gasteiger charge is -2.12. The summed E-state index contributed by atoms with van der Waals surface area (Å²) in [6.07, 6.45) is 0. The number of carbonyl (C=O) groups excluding carboxylic acids is 3.